The number of hydrogen-bond donors (Lipinski definition) is 1. The summed E-state index contributed by atoms with van der Waals surface area (Å²) in [6, 6.07) is 0.573. The van der Waals surface area contributed by atoms with Crippen LogP contribution in [0.3, 0.4) is 0 Å². The first kappa shape index (κ1) is 14.3. The van der Waals surface area contributed by atoms with E-state index in [9.17, 15) is 8.42 Å². The molecule has 0 radical (unpaired) electrons. The third-order valence-electron chi connectivity index (χ3n) is 4.61. The molecule has 106 valence electrons. The number of hydrogen-bond acceptors (Lipinski definition) is 4. The molecular formula is C13H26N2O2S. The smallest absolute Gasteiger partial charge is 0.148 e. The van der Waals surface area contributed by atoms with E-state index in [1.54, 1.807) is 0 Å². The van der Waals surface area contributed by atoms with Gasteiger partial charge in [-0.15, -0.1) is 0 Å². The van der Waals surface area contributed by atoms with Gasteiger partial charge in [-0.25, -0.2) is 8.42 Å². The SMILES string of the molecule is CCC1(C)CNC(C2CC2)CN1CCS(C)(=O)=O. The molecule has 1 heterocycles. The molecule has 0 spiro atoms. The van der Waals surface area contributed by atoms with E-state index in [-0.39, 0.29) is 11.3 Å². The van der Waals surface area contributed by atoms with Crippen molar-refractivity contribution in [3.63, 3.8) is 0 Å². The van der Waals surface area contributed by atoms with Gasteiger partial charge in [-0.2, -0.15) is 0 Å². The van der Waals surface area contributed by atoms with Crippen molar-refractivity contribution in [2.24, 2.45) is 5.92 Å². The number of rotatable bonds is 5. The van der Waals surface area contributed by atoms with Gasteiger partial charge in [0.25, 0.3) is 0 Å². The molecule has 0 bridgehead atoms. The van der Waals surface area contributed by atoms with Crippen LogP contribution in [-0.2, 0) is 9.84 Å². The summed E-state index contributed by atoms with van der Waals surface area (Å²) >= 11 is 0. The Morgan fingerprint density at radius 1 is 1.39 bits per heavy atom. The number of nitrogens with zero attached hydrogens (tertiary/aromatic N) is 1. The molecule has 1 saturated heterocycles. The van der Waals surface area contributed by atoms with E-state index in [2.05, 4.69) is 24.1 Å². The topological polar surface area (TPSA) is 49.4 Å². The Hall–Kier alpha value is -0.130. The molecule has 18 heavy (non-hydrogen) atoms. The quantitative estimate of drug-likeness (QED) is 0.809. The Morgan fingerprint density at radius 2 is 2.06 bits per heavy atom. The van der Waals surface area contributed by atoms with E-state index in [0.717, 1.165) is 25.4 Å². The minimum Gasteiger partial charge on any atom is -0.311 e. The van der Waals surface area contributed by atoms with Crippen molar-refractivity contribution in [1.82, 2.24) is 10.2 Å². The van der Waals surface area contributed by atoms with Crippen LogP contribution in [0.2, 0.25) is 0 Å². The second-order valence-electron chi connectivity index (χ2n) is 6.25. The molecule has 1 N–H and O–H groups in total. The summed E-state index contributed by atoms with van der Waals surface area (Å²) in [6.45, 7) is 7.09. The van der Waals surface area contributed by atoms with Crippen LogP contribution in [-0.4, -0.2) is 56.5 Å². The van der Waals surface area contributed by atoms with Crippen LogP contribution in [0.15, 0.2) is 0 Å². The zero-order valence-corrected chi connectivity index (χ0v) is 12.6. The lowest BCUT2D eigenvalue weighted by atomic mass is 9.91. The molecule has 2 atom stereocenters. The highest BCUT2D eigenvalue weighted by atomic mass is 32.2. The van der Waals surface area contributed by atoms with Gasteiger partial charge in [0.05, 0.1) is 5.75 Å². The van der Waals surface area contributed by atoms with Crippen molar-refractivity contribution in [1.29, 1.82) is 0 Å². The highest BCUT2D eigenvalue weighted by Crippen LogP contribution is 2.36. The predicted octanol–water partition coefficient (Wildman–Crippen LogP) is 0.884. The van der Waals surface area contributed by atoms with Gasteiger partial charge in [0.2, 0.25) is 0 Å². The third-order valence-corrected chi connectivity index (χ3v) is 5.53. The lowest BCUT2D eigenvalue weighted by Crippen LogP contribution is -2.64. The molecule has 1 aliphatic heterocycles. The Labute approximate surface area is 111 Å². The molecular weight excluding hydrogens is 248 g/mol. The van der Waals surface area contributed by atoms with Gasteiger partial charge in [0.15, 0.2) is 0 Å². The van der Waals surface area contributed by atoms with Crippen molar-refractivity contribution >= 4 is 9.84 Å². The van der Waals surface area contributed by atoms with E-state index < -0.39 is 9.84 Å². The largest absolute Gasteiger partial charge is 0.311 e. The van der Waals surface area contributed by atoms with Gasteiger partial charge in [0, 0.05) is 37.5 Å². The second kappa shape index (κ2) is 5.10. The van der Waals surface area contributed by atoms with Crippen LogP contribution < -0.4 is 5.32 Å². The fraction of sp³-hybridized carbons (Fsp3) is 1.00. The van der Waals surface area contributed by atoms with Gasteiger partial charge in [-0.1, -0.05) is 6.92 Å². The molecule has 2 fully saturated rings. The maximum atomic E-state index is 11.4. The summed E-state index contributed by atoms with van der Waals surface area (Å²) in [6.07, 6.45) is 5.05. The van der Waals surface area contributed by atoms with Crippen molar-refractivity contribution in [3.8, 4) is 0 Å². The summed E-state index contributed by atoms with van der Waals surface area (Å²) in [5, 5.41) is 3.66. The third kappa shape index (κ3) is 3.45. The van der Waals surface area contributed by atoms with Gasteiger partial charge >= 0.3 is 0 Å². The van der Waals surface area contributed by atoms with Gasteiger partial charge in [0.1, 0.15) is 9.84 Å². The van der Waals surface area contributed by atoms with Crippen LogP contribution in [0.5, 0.6) is 0 Å². The van der Waals surface area contributed by atoms with Crippen LogP contribution in [0, 0.1) is 5.92 Å². The van der Waals surface area contributed by atoms with E-state index in [4.69, 9.17) is 0 Å². The zero-order chi connectivity index (χ0) is 13.4. The summed E-state index contributed by atoms with van der Waals surface area (Å²) in [5.41, 5.74) is 0.107. The van der Waals surface area contributed by atoms with Crippen LogP contribution in [0.25, 0.3) is 0 Å². The van der Waals surface area contributed by atoms with E-state index in [1.165, 1.54) is 19.1 Å². The lowest BCUT2D eigenvalue weighted by molar-refractivity contribution is 0.0500. The standard InChI is InChI=1S/C13H26N2O2S/c1-4-13(2)10-14-12(11-5-6-11)9-15(13)7-8-18(3,16)17/h11-12,14H,4-10H2,1-3H3. The average Bonchev–Trinajstić information content (AvgIpc) is 3.11. The Bertz CT molecular complexity index is 392. The first-order valence-corrected chi connectivity index (χ1v) is 9.06. The summed E-state index contributed by atoms with van der Waals surface area (Å²) < 4.78 is 22.7. The molecule has 0 aromatic rings. The zero-order valence-electron chi connectivity index (χ0n) is 11.8. The molecule has 5 heteroatoms. The van der Waals surface area contributed by atoms with E-state index in [1.807, 2.05) is 0 Å². The molecule has 2 unspecified atom stereocenters. The van der Waals surface area contributed by atoms with Crippen molar-refractivity contribution in [3.05, 3.63) is 0 Å². The molecule has 0 aromatic heterocycles. The van der Waals surface area contributed by atoms with Crippen LogP contribution >= 0.6 is 0 Å². The highest BCUT2D eigenvalue weighted by molar-refractivity contribution is 7.90. The fourth-order valence-corrected chi connectivity index (χ4v) is 3.34. The van der Waals surface area contributed by atoms with Crippen LogP contribution in [0.1, 0.15) is 33.1 Å². The van der Waals surface area contributed by atoms with Crippen molar-refractivity contribution in [2.75, 3.05) is 31.6 Å². The first-order valence-electron chi connectivity index (χ1n) is 7.00. The maximum Gasteiger partial charge on any atom is 0.148 e. The van der Waals surface area contributed by atoms with Gasteiger partial charge in [-0.05, 0) is 32.1 Å². The molecule has 1 aliphatic carbocycles. The minimum absolute atomic E-state index is 0.107. The van der Waals surface area contributed by atoms with Gasteiger partial charge in [-0.3, -0.25) is 4.90 Å². The molecule has 2 rings (SSSR count). The maximum absolute atomic E-state index is 11.4. The van der Waals surface area contributed by atoms with Gasteiger partial charge < -0.3 is 5.32 Å². The Morgan fingerprint density at radius 3 is 2.56 bits per heavy atom. The van der Waals surface area contributed by atoms with E-state index in [0.29, 0.717) is 12.6 Å². The normalized spacial score (nSPS) is 34.7. The molecule has 0 amide bonds. The molecule has 2 aliphatic rings. The monoisotopic (exact) mass is 274 g/mol. The number of piperazine rings is 1. The first-order chi connectivity index (χ1) is 8.34. The highest BCUT2D eigenvalue weighted by Gasteiger charge is 2.41. The van der Waals surface area contributed by atoms with E-state index >= 15 is 0 Å². The summed E-state index contributed by atoms with van der Waals surface area (Å²) in [4.78, 5) is 2.40. The average molecular weight is 274 g/mol. The summed E-state index contributed by atoms with van der Waals surface area (Å²) in [5.74, 6) is 1.10. The molecule has 1 saturated carbocycles. The number of sulfone groups is 1. The number of nitrogens with one attached hydrogen (secondary N) is 1. The fourth-order valence-electron chi connectivity index (χ4n) is 2.79. The van der Waals surface area contributed by atoms with Crippen molar-refractivity contribution in [2.45, 2.75) is 44.7 Å². The minimum atomic E-state index is -2.87. The Balaban J connectivity index is 2.00. The lowest BCUT2D eigenvalue weighted by Gasteiger charge is -2.48. The predicted molar refractivity (Wildman–Crippen MR) is 74.5 cm³/mol. The Kier molecular flexibility index (Phi) is 4.04. The molecule has 4 nitrogen and oxygen atoms in total. The van der Waals surface area contributed by atoms with Crippen LogP contribution in [0.4, 0.5) is 0 Å². The summed E-state index contributed by atoms with van der Waals surface area (Å²) in [7, 11) is -2.87. The molecule has 0 aromatic carbocycles. The second-order valence-corrected chi connectivity index (χ2v) is 8.51. The van der Waals surface area contributed by atoms with Crippen molar-refractivity contribution < 1.29 is 8.42 Å².